The van der Waals surface area contributed by atoms with Crippen LogP contribution in [0.5, 0.6) is 0 Å². The highest BCUT2D eigenvalue weighted by Crippen LogP contribution is 2.38. The van der Waals surface area contributed by atoms with Gasteiger partial charge in [-0.1, -0.05) is 55.4 Å². The Kier molecular flexibility index (Phi) is 9.08. The molecule has 0 bridgehead atoms. The molecule has 0 spiro atoms. The van der Waals surface area contributed by atoms with Crippen LogP contribution in [0.2, 0.25) is 0 Å². The van der Waals surface area contributed by atoms with Crippen molar-refractivity contribution in [1.29, 1.82) is 0 Å². The second-order valence-corrected chi connectivity index (χ2v) is 10.0. The molecule has 0 aromatic heterocycles. The first kappa shape index (κ1) is 27.8. The maximum Gasteiger partial charge on any atom is 0.192 e. The van der Waals surface area contributed by atoms with E-state index in [-0.39, 0.29) is 36.1 Å². The molecule has 0 aliphatic carbocycles. The number of azo groups is 1. The number of aliphatic hydroxyl groups excluding tert-OH is 2. The smallest absolute Gasteiger partial charge is 0.192 e. The zero-order valence-corrected chi connectivity index (χ0v) is 21.7. The van der Waals surface area contributed by atoms with Crippen LogP contribution in [-0.2, 0) is 0 Å². The lowest BCUT2D eigenvalue weighted by Crippen LogP contribution is -2.45. The average molecular weight is 459 g/mol. The Morgan fingerprint density at radius 1 is 0.677 bits per heavy atom. The molecule has 180 valence electrons. The number of aliphatic imine (C=N–C) groups is 2. The number of nitrogens with zero attached hydrogens (tertiary/aromatic N) is 6. The predicted octanol–water partition coefficient (Wildman–Crippen LogP) is 3.98. The minimum atomic E-state index is -0.760. The second kappa shape index (κ2) is 10.1. The van der Waals surface area contributed by atoms with Gasteiger partial charge in [0.15, 0.2) is 11.3 Å². The minimum absolute atomic E-state index is 0. The summed E-state index contributed by atoms with van der Waals surface area (Å²) in [5, 5.41) is 30.3. The molecule has 4 unspecified atom stereocenters. The van der Waals surface area contributed by atoms with Crippen LogP contribution in [0.3, 0.4) is 0 Å². The summed E-state index contributed by atoms with van der Waals surface area (Å²) in [5.74, 6) is 2.28. The van der Waals surface area contributed by atoms with Gasteiger partial charge in [-0.15, -0.1) is 12.4 Å². The number of hydrogen-bond acceptors (Lipinski definition) is 8. The van der Waals surface area contributed by atoms with E-state index in [1.165, 1.54) is 0 Å². The lowest BCUT2D eigenvalue weighted by Gasteiger charge is -2.32. The van der Waals surface area contributed by atoms with Crippen LogP contribution < -0.4 is 0 Å². The molecule has 2 aliphatic rings. The van der Waals surface area contributed by atoms with Gasteiger partial charge in [-0.05, 0) is 13.8 Å². The topological polar surface area (TPSA) is 96.4 Å². The van der Waals surface area contributed by atoms with Gasteiger partial charge in [-0.25, -0.2) is 9.98 Å². The minimum Gasteiger partial charge on any atom is -0.374 e. The standard InChI is InChI=1S/C22H42N6O2.ClH/c1-13(2)19-23-21(15(5)6,11-27(19)17(9)29)25-26-22(16(7)8)12-28(18(10)30)20(24-22)14(3)4;/h13-18,29-30H,11-12H2,1-10H3;1H/b26-25+;. The Morgan fingerprint density at radius 3 is 1.13 bits per heavy atom. The lowest BCUT2D eigenvalue weighted by atomic mass is 9.96. The molecule has 2 N–H and O–H groups in total. The summed E-state index contributed by atoms with van der Waals surface area (Å²) < 4.78 is 0. The molecule has 0 saturated heterocycles. The molecule has 2 rings (SSSR count). The van der Waals surface area contributed by atoms with Crippen molar-refractivity contribution < 1.29 is 10.2 Å². The summed E-state index contributed by atoms with van der Waals surface area (Å²) >= 11 is 0. The molecular formula is C22H43ClN6O2. The summed E-state index contributed by atoms with van der Waals surface area (Å²) in [4.78, 5) is 13.8. The van der Waals surface area contributed by atoms with Crippen molar-refractivity contribution in [3.05, 3.63) is 0 Å². The van der Waals surface area contributed by atoms with E-state index in [0.717, 1.165) is 11.7 Å². The molecular weight excluding hydrogens is 416 g/mol. The highest BCUT2D eigenvalue weighted by molar-refractivity contribution is 5.87. The van der Waals surface area contributed by atoms with Crippen molar-refractivity contribution in [2.75, 3.05) is 13.1 Å². The summed E-state index contributed by atoms with van der Waals surface area (Å²) in [6, 6.07) is 0. The maximum absolute atomic E-state index is 10.3. The first-order chi connectivity index (χ1) is 13.8. The van der Waals surface area contributed by atoms with Crippen molar-refractivity contribution in [2.45, 2.75) is 93.0 Å². The summed E-state index contributed by atoms with van der Waals surface area (Å²) in [6.07, 6.45) is -1.27. The van der Waals surface area contributed by atoms with Crippen molar-refractivity contribution in [3.63, 3.8) is 0 Å². The van der Waals surface area contributed by atoms with Crippen LogP contribution in [0.15, 0.2) is 20.2 Å². The lowest BCUT2D eigenvalue weighted by molar-refractivity contribution is 0.0542. The van der Waals surface area contributed by atoms with Crippen molar-refractivity contribution >= 4 is 24.1 Å². The summed E-state index contributed by atoms with van der Waals surface area (Å²) in [7, 11) is 0. The predicted molar refractivity (Wildman–Crippen MR) is 129 cm³/mol. The summed E-state index contributed by atoms with van der Waals surface area (Å²) in [6.45, 7) is 21.2. The maximum atomic E-state index is 10.3. The fourth-order valence-electron chi connectivity index (χ4n) is 3.96. The molecule has 0 saturated carbocycles. The van der Waals surface area contributed by atoms with E-state index >= 15 is 0 Å². The molecule has 0 fully saturated rings. The van der Waals surface area contributed by atoms with E-state index in [0.29, 0.717) is 13.1 Å². The number of hydrogen-bond donors (Lipinski definition) is 2. The zero-order valence-electron chi connectivity index (χ0n) is 20.9. The molecule has 8 nitrogen and oxygen atoms in total. The van der Waals surface area contributed by atoms with Gasteiger partial charge in [0.05, 0.1) is 13.1 Å². The van der Waals surface area contributed by atoms with Crippen molar-refractivity contribution in [1.82, 2.24) is 9.80 Å². The first-order valence-corrected chi connectivity index (χ1v) is 11.3. The monoisotopic (exact) mass is 458 g/mol. The number of amidine groups is 2. The zero-order chi connectivity index (χ0) is 23.0. The molecule has 4 atom stereocenters. The van der Waals surface area contributed by atoms with Crippen LogP contribution in [0.1, 0.15) is 69.2 Å². The SMILES string of the molecule is CC(C)C1=NC(/N=N/C2(C(C)C)CN(C(C)O)C(C(C)C)=N2)(C(C)C)CN1C(C)O.Cl. The van der Waals surface area contributed by atoms with Crippen LogP contribution in [-0.4, -0.2) is 68.6 Å². The highest BCUT2D eigenvalue weighted by Gasteiger charge is 2.48. The third-order valence-electron chi connectivity index (χ3n) is 6.19. The number of rotatable bonds is 8. The highest BCUT2D eigenvalue weighted by atomic mass is 35.5. The third-order valence-corrected chi connectivity index (χ3v) is 6.19. The Bertz CT molecular complexity index is 646. The molecule has 2 heterocycles. The molecule has 0 aromatic rings. The molecule has 0 aromatic carbocycles. The molecule has 9 heteroatoms. The second-order valence-electron chi connectivity index (χ2n) is 10.0. The Labute approximate surface area is 194 Å². The fourth-order valence-corrected chi connectivity index (χ4v) is 3.96. The van der Waals surface area contributed by atoms with Gasteiger partial charge in [0.25, 0.3) is 0 Å². The quantitative estimate of drug-likeness (QED) is 0.537. The Hall–Kier alpha value is -1.25. The van der Waals surface area contributed by atoms with Gasteiger partial charge in [-0.2, -0.15) is 10.2 Å². The van der Waals surface area contributed by atoms with Gasteiger partial charge in [-0.3, -0.25) is 0 Å². The van der Waals surface area contributed by atoms with Gasteiger partial charge in [0.1, 0.15) is 24.1 Å². The van der Waals surface area contributed by atoms with Crippen LogP contribution in [0.25, 0.3) is 0 Å². The van der Waals surface area contributed by atoms with Crippen LogP contribution >= 0.6 is 12.4 Å². The van der Waals surface area contributed by atoms with Gasteiger partial charge < -0.3 is 20.0 Å². The van der Waals surface area contributed by atoms with E-state index < -0.39 is 23.8 Å². The fraction of sp³-hybridized carbons (Fsp3) is 0.909. The van der Waals surface area contributed by atoms with Gasteiger partial charge >= 0.3 is 0 Å². The van der Waals surface area contributed by atoms with E-state index in [9.17, 15) is 10.2 Å². The van der Waals surface area contributed by atoms with Gasteiger partial charge in [0, 0.05) is 23.7 Å². The third kappa shape index (κ3) is 5.40. The molecule has 31 heavy (non-hydrogen) atoms. The van der Waals surface area contributed by atoms with Crippen molar-refractivity contribution in [3.8, 4) is 0 Å². The number of aliphatic hydroxyl groups is 2. The van der Waals surface area contributed by atoms with E-state index in [4.69, 9.17) is 20.2 Å². The average Bonchev–Trinajstić information content (AvgIpc) is 3.21. The van der Waals surface area contributed by atoms with E-state index in [1.807, 2.05) is 9.80 Å². The number of halogens is 1. The normalized spacial score (nSPS) is 28.8. The Balaban J connectivity index is 0.00000480. The molecule has 0 amide bonds. The van der Waals surface area contributed by atoms with E-state index in [1.54, 1.807) is 13.8 Å². The summed E-state index contributed by atoms with van der Waals surface area (Å²) in [5.41, 5.74) is -1.52. The molecule has 0 radical (unpaired) electrons. The van der Waals surface area contributed by atoms with E-state index in [2.05, 4.69) is 55.4 Å². The van der Waals surface area contributed by atoms with Crippen LogP contribution in [0.4, 0.5) is 0 Å². The first-order valence-electron chi connectivity index (χ1n) is 11.3. The molecule has 2 aliphatic heterocycles. The Morgan fingerprint density at radius 2 is 0.968 bits per heavy atom. The van der Waals surface area contributed by atoms with Crippen LogP contribution in [0, 0.1) is 23.7 Å². The van der Waals surface area contributed by atoms with Crippen molar-refractivity contribution in [2.24, 2.45) is 43.9 Å². The largest absolute Gasteiger partial charge is 0.374 e. The van der Waals surface area contributed by atoms with Gasteiger partial charge in [0.2, 0.25) is 0 Å².